The predicted octanol–water partition coefficient (Wildman–Crippen LogP) is 1.23. The number of nitrogen functional groups attached to an aromatic ring is 1. The SMILES string of the molecule is COc1cccc2nc(NN)c(C)nc12. The molecule has 0 amide bonds. The second kappa shape index (κ2) is 3.70. The van der Waals surface area contributed by atoms with Gasteiger partial charge >= 0.3 is 0 Å². The van der Waals surface area contributed by atoms with Gasteiger partial charge in [-0.1, -0.05) is 6.07 Å². The van der Waals surface area contributed by atoms with E-state index < -0.39 is 0 Å². The van der Waals surface area contributed by atoms with Crippen LogP contribution in [0.15, 0.2) is 18.2 Å². The summed E-state index contributed by atoms with van der Waals surface area (Å²) in [6.07, 6.45) is 0. The Bertz CT molecular complexity index is 498. The molecule has 5 heteroatoms. The Morgan fingerprint density at radius 1 is 1.33 bits per heavy atom. The molecule has 2 rings (SSSR count). The van der Waals surface area contributed by atoms with E-state index in [1.165, 1.54) is 0 Å². The Morgan fingerprint density at radius 3 is 2.80 bits per heavy atom. The van der Waals surface area contributed by atoms with Gasteiger partial charge in [0.1, 0.15) is 11.3 Å². The maximum Gasteiger partial charge on any atom is 0.162 e. The molecule has 0 aliphatic carbocycles. The number of methoxy groups -OCH3 is 1. The lowest BCUT2D eigenvalue weighted by atomic mass is 10.2. The third kappa shape index (κ3) is 1.57. The molecule has 0 unspecified atom stereocenters. The first kappa shape index (κ1) is 9.67. The third-order valence-corrected chi connectivity index (χ3v) is 2.19. The zero-order chi connectivity index (χ0) is 10.8. The molecule has 0 radical (unpaired) electrons. The number of aryl methyl sites for hydroxylation is 1. The number of anilines is 1. The molecule has 0 aliphatic heterocycles. The lowest BCUT2D eigenvalue weighted by Crippen LogP contribution is -2.11. The van der Waals surface area contributed by atoms with Gasteiger partial charge in [-0.15, -0.1) is 0 Å². The molecule has 0 atom stereocenters. The van der Waals surface area contributed by atoms with Gasteiger partial charge in [0.15, 0.2) is 5.82 Å². The average Bonchev–Trinajstić information content (AvgIpc) is 2.27. The van der Waals surface area contributed by atoms with Crippen LogP contribution >= 0.6 is 0 Å². The van der Waals surface area contributed by atoms with Crippen LogP contribution in [0.25, 0.3) is 11.0 Å². The number of ether oxygens (including phenoxy) is 1. The zero-order valence-electron chi connectivity index (χ0n) is 8.61. The summed E-state index contributed by atoms with van der Waals surface area (Å²) >= 11 is 0. The molecule has 1 aromatic carbocycles. The summed E-state index contributed by atoms with van der Waals surface area (Å²) < 4.78 is 5.20. The first-order valence-corrected chi connectivity index (χ1v) is 4.54. The number of benzene rings is 1. The molecule has 0 spiro atoms. The molecule has 0 fully saturated rings. The number of nitrogens with two attached hydrogens (primary N) is 1. The normalized spacial score (nSPS) is 10.3. The number of hydrazine groups is 1. The van der Waals surface area contributed by atoms with Crippen LogP contribution in [0.2, 0.25) is 0 Å². The van der Waals surface area contributed by atoms with Crippen molar-refractivity contribution in [2.45, 2.75) is 6.92 Å². The quantitative estimate of drug-likeness (QED) is 0.568. The first-order chi connectivity index (χ1) is 7.26. The highest BCUT2D eigenvalue weighted by atomic mass is 16.5. The molecule has 2 aromatic rings. The van der Waals surface area contributed by atoms with E-state index in [1.807, 2.05) is 25.1 Å². The molecule has 0 saturated carbocycles. The maximum atomic E-state index is 5.33. The number of rotatable bonds is 2. The van der Waals surface area contributed by atoms with Crippen LogP contribution < -0.4 is 16.0 Å². The van der Waals surface area contributed by atoms with E-state index in [9.17, 15) is 0 Å². The van der Waals surface area contributed by atoms with Crippen molar-refractivity contribution in [1.82, 2.24) is 9.97 Å². The van der Waals surface area contributed by atoms with Crippen LogP contribution in [0.4, 0.5) is 5.82 Å². The van der Waals surface area contributed by atoms with Crippen molar-refractivity contribution in [3.05, 3.63) is 23.9 Å². The average molecular weight is 204 g/mol. The van der Waals surface area contributed by atoms with Crippen LogP contribution in [-0.2, 0) is 0 Å². The van der Waals surface area contributed by atoms with Crippen LogP contribution in [0, 0.1) is 6.92 Å². The molecular formula is C10H12N4O. The van der Waals surface area contributed by atoms with Gasteiger partial charge in [0.05, 0.1) is 18.3 Å². The Labute approximate surface area is 87.3 Å². The Hall–Kier alpha value is -1.88. The van der Waals surface area contributed by atoms with Gasteiger partial charge in [0, 0.05) is 0 Å². The molecule has 3 N–H and O–H groups in total. The zero-order valence-corrected chi connectivity index (χ0v) is 8.61. The van der Waals surface area contributed by atoms with E-state index >= 15 is 0 Å². The molecule has 0 aliphatic rings. The number of fused-ring (bicyclic) bond motifs is 1. The van der Waals surface area contributed by atoms with Crippen molar-refractivity contribution in [2.24, 2.45) is 5.84 Å². The van der Waals surface area contributed by atoms with E-state index in [0.717, 1.165) is 16.7 Å². The first-order valence-electron chi connectivity index (χ1n) is 4.54. The van der Waals surface area contributed by atoms with Crippen molar-refractivity contribution < 1.29 is 4.74 Å². The van der Waals surface area contributed by atoms with Crippen LogP contribution in [-0.4, -0.2) is 17.1 Å². The number of aromatic nitrogens is 2. The topological polar surface area (TPSA) is 73.1 Å². The Balaban J connectivity index is 2.74. The summed E-state index contributed by atoms with van der Waals surface area (Å²) in [7, 11) is 1.61. The van der Waals surface area contributed by atoms with Gasteiger partial charge in [-0.2, -0.15) is 0 Å². The lowest BCUT2D eigenvalue weighted by molar-refractivity contribution is 0.418. The Morgan fingerprint density at radius 2 is 2.13 bits per heavy atom. The standard InChI is InChI=1S/C10H12N4O/c1-6-10(14-11)13-7-4-3-5-8(15-2)9(7)12-6/h3-5H,11H2,1-2H3,(H,13,14). The molecule has 15 heavy (non-hydrogen) atoms. The fraction of sp³-hybridized carbons (Fsp3) is 0.200. The van der Waals surface area contributed by atoms with E-state index in [1.54, 1.807) is 7.11 Å². The largest absolute Gasteiger partial charge is 0.494 e. The smallest absolute Gasteiger partial charge is 0.162 e. The predicted molar refractivity (Wildman–Crippen MR) is 58.6 cm³/mol. The molecule has 5 nitrogen and oxygen atoms in total. The second-order valence-corrected chi connectivity index (χ2v) is 3.13. The number of para-hydroxylation sites is 1. The van der Waals surface area contributed by atoms with E-state index in [2.05, 4.69) is 15.4 Å². The summed E-state index contributed by atoms with van der Waals surface area (Å²) in [5.41, 5.74) is 4.76. The van der Waals surface area contributed by atoms with Crippen molar-refractivity contribution in [3.63, 3.8) is 0 Å². The highest BCUT2D eigenvalue weighted by Crippen LogP contribution is 2.24. The highest BCUT2D eigenvalue weighted by molar-refractivity contribution is 5.82. The van der Waals surface area contributed by atoms with Crippen molar-refractivity contribution in [1.29, 1.82) is 0 Å². The number of hydrogen-bond donors (Lipinski definition) is 2. The summed E-state index contributed by atoms with van der Waals surface area (Å²) in [5.74, 6) is 6.62. The van der Waals surface area contributed by atoms with Gasteiger partial charge < -0.3 is 10.2 Å². The van der Waals surface area contributed by atoms with Crippen molar-refractivity contribution >= 4 is 16.9 Å². The van der Waals surface area contributed by atoms with Crippen LogP contribution in [0.5, 0.6) is 5.75 Å². The van der Waals surface area contributed by atoms with Crippen LogP contribution in [0.1, 0.15) is 5.69 Å². The van der Waals surface area contributed by atoms with Crippen molar-refractivity contribution in [3.8, 4) is 5.75 Å². The van der Waals surface area contributed by atoms with Crippen molar-refractivity contribution in [2.75, 3.05) is 12.5 Å². The van der Waals surface area contributed by atoms with Gasteiger partial charge in [-0.05, 0) is 19.1 Å². The van der Waals surface area contributed by atoms with Gasteiger partial charge in [0.25, 0.3) is 0 Å². The summed E-state index contributed by atoms with van der Waals surface area (Å²) in [6, 6.07) is 5.59. The van der Waals surface area contributed by atoms with Crippen LogP contribution in [0.3, 0.4) is 0 Å². The third-order valence-electron chi connectivity index (χ3n) is 2.19. The molecule has 0 saturated heterocycles. The molecule has 1 heterocycles. The molecule has 78 valence electrons. The number of hydrogen-bond acceptors (Lipinski definition) is 5. The summed E-state index contributed by atoms with van der Waals surface area (Å²) in [5, 5.41) is 0. The fourth-order valence-corrected chi connectivity index (χ4v) is 1.44. The van der Waals surface area contributed by atoms with E-state index in [0.29, 0.717) is 11.6 Å². The van der Waals surface area contributed by atoms with E-state index in [4.69, 9.17) is 10.6 Å². The molecular weight excluding hydrogens is 192 g/mol. The van der Waals surface area contributed by atoms with Gasteiger partial charge in [-0.3, -0.25) is 0 Å². The minimum atomic E-state index is 0.579. The lowest BCUT2D eigenvalue weighted by Gasteiger charge is -2.07. The molecule has 0 bridgehead atoms. The van der Waals surface area contributed by atoms with Gasteiger partial charge in [0.2, 0.25) is 0 Å². The summed E-state index contributed by atoms with van der Waals surface area (Å²) in [4.78, 5) is 8.71. The van der Waals surface area contributed by atoms with Gasteiger partial charge in [-0.25, -0.2) is 15.8 Å². The monoisotopic (exact) mass is 204 g/mol. The maximum absolute atomic E-state index is 5.33. The number of nitrogens with one attached hydrogen (secondary N) is 1. The fourth-order valence-electron chi connectivity index (χ4n) is 1.44. The second-order valence-electron chi connectivity index (χ2n) is 3.13. The highest BCUT2D eigenvalue weighted by Gasteiger charge is 2.07. The minimum Gasteiger partial charge on any atom is -0.494 e. The summed E-state index contributed by atoms with van der Waals surface area (Å²) in [6.45, 7) is 1.84. The van der Waals surface area contributed by atoms with E-state index in [-0.39, 0.29) is 0 Å². The molecule has 1 aromatic heterocycles. The Kier molecular flexibility index (Phi) is 2.39. The minimum absolute atomic E-state index is 0.579. The number of nitrogens with zero attached hydrogens (tertiary/aromatic N) is 2.